The Morgan fingerprint density at radius 2 is 0.847 bits per heavy atom. The number of rotatable bonds is 48. The second kappa shape index (κ2) is 49.0. The van der Waals surface area contributed by atoms with Gasteiger partial charge in [0.25, 0.3) is 0 Å². The van der Waals surface area contributed by atoms with Gasteiger partial charge in [0.15, 0.2) is 0 Å². The minimum absolute atomic E-state index is 0.00740. The van der Waals surface area contributed by atoms with E-state index in [2.05, 4.69) is 43.5 Å². The van der Waals surface area contributed by atoms with E-state index >= 15 is 0 Å². The van der Waals surface area contributed by atoms with E-state index in [1.165, 1.54) is 186 Å². The van der Waals surface area contributed by atoms with Crippen LogP contribution in [0.25, 0.3) is 0 Å². The van der Waals surface area contributed by atoms with Gasteiger partial charge in [0.05, 0.1) is 25.4 Å². The van der Waals surface area contributed by atoms with E-state index in [9.17, 15) is 19.8 Å². The van der Waals surface area contributed by atoms with Gasteiger partial charge < -0.3 is 20.3 Å². The third-order valence-corrected chi connectivity index (χ3v) is 12.0. The summed E-state index contributed by atoms with van der Waals surface area (Å²) >= 11 is 0. The normalized spacial score (nSPS) is 12.8. The summed E-state index contributed by atoms with van der Waals surface area (Å²) in [4.78, 5) is 24.4. The number of allylic oxidation sites excluding steroid dienone is 4. The van der Waals surface area contributed by atoms with Gasteiger partial charge >= 0.3 is 5.97 Å². The molecular formula is C53H101NO5. The number of carbonyl (C=O) groups is 2. The summed E-state index contributed by atoms with van der Waals surface area (Å²) in [6.07, 6.45) is 57.2. The monoisotopic (exact) mass is 832 g/mol. The molecule has 0 fully saturated rings. The quantitative estimate of drug-likeness (QED) is 0.0322. The van der Waals surface area contributed by atoms with Crippen molar-refractivity contribution in [3.05, 3.63) is 24.3 Å². The van der Waals surface area contributed by atoms with Crippen molar-refractivity contribution >= 4 is 11.9 Å². The Hall–Kier alpha value is -1.66. The number of nitrogens with one attached hydrogen (secondary N) is 1. The first kappa shape index (κ1) is 57.3. The molecule has 0 saturated carbocycles. The number of amides is 1. The molecule has 3 N–H and O–H groups in total. The molecule has 0 rings (SSSR count). The molecule has 0 aromatic rings. The van der Waals surface area contributed by atoms with Crippen LogP contribution in [0.15, 0.2) is 24.3 Å². The second-order valence-electron chi connectivity index (χ2n) is 17.9. The molecule has 348 valence electrons. The number of unbranched alkanes of at least 4 members (excludes halogenated alkanes) is 33. The van der Waals surface area contributed by atoms with Crippen molar-refractivity contribution in [2.75, 3.05) is 13.2 Å². The van der Waals surface area contributed by atoms with E-state index in [0.717, 1.165) is 57.8 Å². The first-order chi connectivity index (χ1) is 29.0. The fraction of sp³-hybridized carbons (Fsp3) is 0.887. The number of hydrogen-bond acceptors (Lipinski definition) is 5. The van der Waals surface area contributed by atoms with Crippen LogP contribution in [-0.4, -0.2) is 47.4 Å². The van der Waals surface area contributed by atoms with Crippen molar-refractivity contribution in [3.8, 4) is 0 Å². The van der Waals surface area contributed by atoms with Crippen LogP contribution < -0.4 is 5.32 Å². The number of esters is 1. The topological polar surface area (TPSA) is 95.9 Å². The highest BCUT2D eigenvalue weighted by atomic mass is 16.5. The number of carbonyl (C=O) groups excluding carboxylic acids is 2. The van der Waals surface area contributed by atoms with Crippen molar-refractivity contribution < 1.29 is 24.5 Å². The lowest BCUT2D eigenvalue weighted by molar-refractivity contribution is -0.143. The molecule has 2 atom stereocenters. The maximum atomic E-state index is 12.4. The first-order valence-electron chi connectivity index (χ1n) is 26.1. The summed E-state index contributed by atoms with van der Waals surface area (Å²) in [6, 6.07) is -0.546. The summed E-state index contributed by atoms with van der Waals surface area (Å²) in [5.41, 5.74) is 0. The standard InChI is InChI=1S/C53H101NO5/c1-3-5-7-9-11-13-15-16-17-18-21-24-27-31-35-39-43-47-53(58)59-48-44-40-36-32-28-25-22-19-20-23-26-30-34-38-42-46-52(57)54-50(49-55)51(56)45-41-37-33-29-14-12-10-8-6-4-2/h11,13,16-17,50-51,55-56H,3-10,12,14-15,18-49H2,1-2H3,(H,54,57)/b13-11-,17-16-. The minimum Gasteiger partial charge on any atom is -0.466 e. The van der Waals surface area contributed by atoms with Crippen LogP contribution in [0.3, 0.4) is 0 Å². The lowest BCUT2D eigenvalue weighted by Crippen LogP contribution is -2.45. The third-order valence-electron chi connectivity index (χ3n) is 12.0. The molecule has 0 aliphatic carbocycles. The Bertz CT molecular complexity index is 920. The lowest BCUT2D eigenvalue weighted by atomic mass is 10.0. The van der Waals surface area contributed by atoms with Gasteiger partial charge in [-0.1, -0.05) is 231 Å². The minimum atomic E-state index is -0.668. The van der Waals surface area contributed by atoms with Crippen LogP contribution in [-0.2, 0) is 14.3 Å². The number of hydrogen-bond donors (Lipinski definition) is 3. The SMILES string of the molecule is CCCCC/C=C\C/C=C\CCCCCCCCCC(=O)OCCCCCCCCCCCCCCCCCC(=O)NC(CO)C(O)CCCCCCCCCCCC. The molecule has 6 nitrogen and oxygen atoms in total. The Labute approximate surface area is 367 Å². The van der Waals surface area contributed by atoms with E-state index in [4.69, 9.17) is 4.74 Å². The number of aliphatic hydroxyl groups excluding tert-OH is 2. The molecule has 0 radical (unpaired) electrons. The predicted molar refractivity (Wildman–Crippen MR) is 255 cm³/mol. The van der Waals surface area contributed by atoms with E-state index in [1.807, 2.05) is 0 Å². The van der Waals surface area contributed by atoms with Gasteiger partial charge in [0.2, 0.25) is 5.91 Å². The van der Waals surface area contributed by atoms with Crippen LogP contribution in [0.1, 0.15) is 277 Å². The van der Waals surface area contributed by atoms with E-state index in [0.29, 0.717) is 25.9 Å². The van der Waals surface area contributed by atoms with Gasteiger partial charge in [-0.2, -0.15) is 0 Å². The van der Waals surface area contributed by atoms with Crippen LogP contribution in [0, 0.1) is 0 Å². The van der Waals surface area contributed by atoms with Crippen LogP contribution in [0.4, 0.5) is 0 Å². The molecule has 0 spiro atoms. The highest BCUT2D eigenvalue weighted by Crippen LogP contribution is 2.16. The van der Waals surface area contributed by atoms with Crippen molar-refractivity contribution in [1.82, 2.24) is 5.32 Å². The largest absolute Gasteiger partial charge is 0.466 e. The van der Waals surface area contributed by atoms with E-state index < -0.39 is 12.1 Å². The van der Waals surface area contributed by atoms with E-state index in [-0.39, 0.29) is 18.5 Å². The van der Waals surface area contributed by atoms with Gasteiger partial charge in [-0.05, 0) is 57.8 Å². The zero-order chi connectivity index (χ0) is 43.0. The van der Waals surface area contributed by atoms with Crippen LogP contribution in [0.2, 0.25) is 0 Å². The Kier molecular flexibility index (Phi) is 47.6. The summed E-state index contributed by atoms with van der Waals surface area (Å²) < 4.78 is 5.47. The van der Waals surface area contributed by atoms with E-state index in [1.54, 1.807) is 0 Å². The summed E-state index contributed by atoms with van der Waals surface area (Å²) in [7, 11) is 0. The molecule has 6 heteroatoms. The number of aliphatic hydroxyl groups is 2. The number of ether oxygens (including phenoxy) is 1. The Balaban J connectivity index is 3.41. The van der Waals surface area contributed by atoms with Crippen molar-refractivity contribution in [1.29, 1.82) is 0 Å². The molecule has 0 heterocycles. The molecule has 1 amide bonds. The van der Waals surface area contributed by atoms with Gasteiger partial charge in [0.1, 0.15) is 0 Å². The highest BCUT2D eigenvalue weighted by molar-refractivity contribution is 5.76. The summed E-state index contributed by atoms with van der Waals surface area (Å²) in [5, 5.41) is 23.1. The predicted octanol–water partition coefficient (Wildman–Crippen LogP) is 15.5. The average molecular weight is 832 g/mol. The smallest absolute Gasteiger partial charge is 0.305 e. The maximum Gasteiger partial charge on any atom is 0.305 e. The molecule has 0 aromatic heterocycles. The van der Waals surface area contributed by atoms with Crippen LogP contribution in [0.5, 0.6) is 0 Å². The van der Waals surface area contributed by atoms with Gasteiger partial charge in [0, 0.05) is 12.8 Å². The Morgan fingerprint density at radius 1 is 0.475 bits per heavy atom. The van der Waals surface area contributed by atoms with Crippen LogP contribution >= 0.6 is 0 Å². The third kappa shape index (κ3) is 45.7. The van der Waals surface area contributed by atoms with Crippen molar-refractivity contribution in [3.63, 3.8) is 0 Å². The van der Waals surface area contributed by atoms with Gasteiger partial charge in [-0.25, -0.2) is 0 Å². The maximum absolute atomic E-state index is 12.4. The summed E-state index contributed by atoms with van der Waals surface area (Å²) in [5.74, 6) is -0.0530. The Morgan fingerprint density at radius 3 is 1.32 bits per heavy atom. The zero-order valence-corrected chi connectivity index (χ0v) is 39.5. The second-order valence-corrected chi connectivity index (χ2v) is 17.9. The summed E-state index contributed by atoms with van der Waals surface area (Å²) in [6.45, 7) is 4.89. The van der Waals surface area contributed by atoms with Crippen molar-refractivity contribution in [2.24, 2.45) is 0 Å². The first-order valence-corrected chi connectivity index (χ1v) is 26.1. The van der Waals surface area contributed by atoms with Crippen molar-refractivity contribution in [2.45, 2.75) is 289 Å². The fourth-order valence-electron chi connectivity index (χ4n) is 7.96. The molecule has 0 aromatic carbocycles. The lowest BCUT2D eigenvalue weighted by Gasteiger charge is -2.22. The molecule has 0 aliphatic rings. The highest BCUT2D eigenvalue weighted by Gasteiger charge is 2.20. The van der Waals surface area contributed by atoms with Gasteiger partial charge in [-0.3, -0.25) is 9.59 Å². The molecular weight excluding hydrogens is 731 g/mol. The molecule has 0 aliphatic heterocycles. The fourth-order valence-corrected chi connectivity index (χ4v) is 7.96. The molecule has 2 unspecified atom stereocenters. The molecule has 0 saturated heterocycles. The van der Waals surface area contributed by atoms with Gasteiger partial charge in [-0.15, -0.1) is 0 Å². The molecule has 0 bridgehead atoms. The average Bonchev–Trinajstić information content (AvgIpc) is 3.24. The zero-order valence-electron chi connectivity index (χ0n) is 39.5. The molecule has 59 heavy (non-hydrogen) atoms.